The van der Waals surface area contributed by atoms with E-state index >= 15 is 0 Å². The minimum atomic E-state index is -3.34. The fourth-order valence-corrected chi connectivity index (χ4v) is 6.57. The van der Waals surface area contributed by atoms with E-state index in [1.807, 2.05) is 30.3 Å². The Kier molecular flexibility index (Phi) is 3.86. The number of rotatable bonds is 5. The van der Waals surface area contributed by atoms with E-state index in [1.54, 1.807) is 0 Å². The highest BCUT2D eigenvalue weighted by atomic mass is 32.2. The molecule has 0 spiro atoms. The zero-order valence-corrected chi connectivity index (χ0v) is 14.2. The van der Waals surface area contributed by atoms with Crippen LogP contribution < -0.4 is 10.5 Å². The molecule has 0 radical (unpaired) electrons. The third-order valence-corrected chi connectivity index (χ3v) is 7.76. The van der Waals surface area contributed by atoms with Gasteiger partial charge in [-0.3, -0.25) is 0 Å². The molecule has 1 aromatic rings. The van der Waals surface area contributed by atoms with E-state index in [0.29, 0.717) is 12.5 Å². The highest BCUT2D eigenvalue weighted by Gasteiger charge is 2.64. The van der Waals surface area contributed by atoms with Crippen LogP contribution in [0, 0.1) is 16.7 Å². The molecular formula is C17H26N2O2S. The fraction of sp³-hybridized carbons (Fsp3) is 0.647. The number of hydrogen-bond acceptors (Lipinski definition) is 3. The zero-order chi connectivity index (χ0) is 16.0. The maximum Gasteiger partial charge on any atom is 0.212 e. The van der Waals surface area contributed by atoms with Gasteiger partial charge in [0.15, 0.2) is 0 Å². The van der Waals surface area contributed by atoms with E-state index in [0.717, 1.165) is 24.8 Å². The summed E-state index contributed by atoms with van der Waals surface area (Å²) < 4.78 is 28.0. The van der Waals surface area contributed by atoms with Gasteiger partial charge in [-0.1, -0.05) is 44.2 Å². The molecule has 2 aliphatic carbocycles. The van der Waals surface area contributed by atoms with Crippen molar-refractivity contribution in [3.63, 3.8) is 0 Å². The first-order valence-corrected chi connectivity index (χ1v) is 9.69. The van der Waals surface area contributed by atoms with Gasteiger partial charge in [0, 0.05) is 18.0 Å². The summed E-state index contributed by atoms with van der Waals surface area (Å²) in [6, 6.07) is 9.61. The molecule has 0 saturated heterocycles. The number of sulfonamides is 1. The highest BCUT2D eigenvalue weighted by molar-refractivity contribution is 7.89. The number of hydrogen-bond donors (Lipinski definition) is 2. The van der Waals surface area contributed by atoms with Crippen molar-refractivity contribution in [1.29, 1.82) is 0 Å². The average Bonchev–Trinajstić information content (AvgIpc) is 2.80. The lowest BCUT2D eigenvalue weighted by Gasteiger charge is -2.40. The van der Waals surface area contributed by atoms with Crippen LogP contribution in [0.2, 0.25) is 0 Å². The first-order valence-electron chi connectivity index (χ1n) is 8.04. The molecular weight excluding hydrogens is 296 g/mol. The Morgan fingerprint density at radius 3 is 2.50 bits per heavy atom. The lowest BCUT2D eigenvalue weighted by atomic mass is 9.69. The highest BCUT2D eigenvalue weighted by Crippen LogP contribution is 2.65. The van der Waals surface area contributed by atoms with E-state index in [-0.39, 0.29) is 22.6 Å². The Morgan fingerprint density at radius 2 is 1.95 bits per heavy atom. The van der Waals surface area contributed by atoms with Gasteiger partial charge < -0.3 is 5.73 Å². The predicted molar refractivity (Wildman–Crippen MR) is 88.6 cm³/mol. The van der Waals surface area contributed by atoms with Crippen LogP contribution >= 0.6 is 0 Å². The second kappa shape index (κ2) is 5.32. The molecule has 0 aliphatic heterocycles. The van der Waals surface area contributed by atoms with Gasteiger partial charge in [0.25, 0.3) is 0 Å². The van der Waals surface area contributed by atoms with Crippen molar-refractivity contribution < 1.29 is 8.42 Å². The molecule has 2 bridgehead atoms. The van der Waals surface area contributed by atoms with E-state index in [9.17, 15) is 8.42 Å². The van der Waals surface area contributed by atoms with Gasteiger partial charge >= 0.3 is 0 Å². The molecule has 1 aromatic carbocycles. The van der Waals surface area contributed by atoms with Crippen molar-refractivity contribution in [3.05, 3.63) is 35.9 Å². The molecule has 2 aliphatic rings. The van der Waals surface area contributed by atoms with Crippen LogP contribution in [-0.2, 0) is 16.6 Å². The topological polar surface area (TPSA) is 72.2 Å². The molecule has 3 N–H and O–H groups in total. The van der Waals surface area contributed by atoms with Gasteiger partial charge in [0.1, 0.15) is 0 Å². The Hall–Kier alpha value is -0.910. The third-order valence-electron chi connectivity index (χ3n) is 6.28. The van der Waals surface area contributed by atoms with E-state index < -0.39 is 10.0 Å². The van der Waals surface area contributed by atoms with Crippen molar-refractivity contribution in [2.45, 2.75) is 45.7 Å². The van der Waals surface area contributed by atoms with Gasteiger partial charge in [0.05, 0.1) is 5.75 Å². The number of fused-ring (bicyclic) bond motifs is 2. The number of benzene rings is 1. The van der Waals surface area contributed by atoms with Gasteiger partial charge in [-0.05, 0) is 36.2 Å². The minimum Gasteiger partial charge on any atom is -0.327 e. The fourth-order valence-electron chi connectivity index (χ4n) is 4.67. The molecule has 3 rings (SSSR count). The Balaban J connectivity index is 1.74. The lowest BCUT2D eigenvalue weighted by Crippen LogP contribution is -2.50. The molecule has 2 saturated carbocycles. The Morgan fingerprint density at radius 1 is 1.27 bits per heavy atom. The zero-order valence-electron chi connectivity index (χ0n) is 13.4. The van der Waals surface area contributed by atoms with Crippen molar-refractivity contribution in [1.82, 2.24) is 4.72 Å². The normalized spacial score (nSPS) is 33.2. The summed E-state index contributed by atoms with van der Waals surface area (Å²) in [5.74, 6) is 0.712. The molecule has 2 fully saturated rings. The van der Waals surface area contributed by atoms with Gasteiger partial charge in [-0.25, -0.2) is 13.1 Å². The van der Waals surface area contributed by atoms with Crippen LogP contribution in [0.4, 0.5) is 0 Å². The van der Waals surface area contributed by atoms with Crippen LogP contribution in [-0.4, -0.2) is 20.2 Å². The molecule has 122 valence electrons. The smallest absolute Gasteiger partial charge is 0.212 e. The van der Waals surface area contributed by atoms with Crippen molar-refractivity contribution >= 4 is 10.0 Å². The second-order valence-corrected chi connectivity index (χ2v) is 9.33. The average molecular weight is 322 g/mol. The first-order chi connectivity index (χ1) is 10.3. The van der Waals surface area contributed by atoms with Crippen LogP contribution in [0.5, 0.6) is 0 Å². The predicted octanol–water partition coefficient (Wildman–Crippen LogP) is 2.26. The maximum atomic E-state index is 12.6. The quantitative estimate of drug-likeness (QED) is 0.873. The van der Waals surface area contributed by atoms with Crippen LogP contribution in [0.1, 0.15) is 38.7 Å². The van der Waals surface area contributed by atoms with Crippen LogP contribution in [0.25, 0.3) is 0 Å². The molecule has 3 atom stereocenters. The summed E-state index contributed by atoms with van der Waals surface area (Å²) in [5, 5.41) is 0. The van der Waals surface area contributed by atoms with Gasteiger partial charge in [0.2, 0.25) is 10.0 Å². The Bertz CT molecular complexity index is 642. The monoisotopic (exact) mass is 322 g/mol. The summed E-state index contributed by atoms with van der Waals surface area (Å²) in [7, 11) is -3.34. The molecule has 22 heavy (non-hydrogen) atoms. The summed E-state index contributed by atoms with van der Waals surface area (Å²) in [6.45, 7) is 4.74. The third kappa shape index (κ3) is 2.49. The second-order valence-electron chi connectivity index (χ2n) is 7.52. The van der Waals surface area contributed by atoms with Crippen LogP contribution in [0.3, 0.4) is 0 Å². The SMILES string of the molecule is CC1(C)[C@@H]2CC[C@@]1(CS(=O)(=O)NCc1ccccc1)[C@H](N)C2. The number of nitrogens with one attached hydrogen (secondary N) is 1. The van der Waals surface area contributed by atoms with Crippen molar-refractivity contribution in [3.8, 4) is 0 Å². The van der Waals surface area contributed by atoms with Crippen molar-refractivity contribution in [2.24, 2.45) is 22.5 Å². The standard InChI is InChI=1S/C17H26N2O2S/c1-16(2)14-8-9-17(16,15(18)10-14)12-22(20,21)19-11-13-6-4-3-5-7-13/h3-7,14-15,19H,8-12,18H2,1-2H3/t14-,15-,17-/m1/s1. The van der Waals surface area contributed by atoms with E-state index in [1.165, 1.54) is 0 Å². The molecule has 0 heterocycles. The van der Waals surface area contributed by atoms with Gasteiger partial charge in [-0.2, -0.15) is 0 Å². The summed E-state index contributed by atoms with van der Waals surface area (Å²) in [6.07, 6.45) is 2.99. The first kappa shape index (κ1) is 16.0. The summed E-state index contributed by atoms with van der Waals surface area (Å²) in [4.78, 5) is 0. The molecule has 0 unspecified atom stereocenters. The lowest BCUT2D eigenvalue weighted by molar-refractivity contribution is 0.139. The van der Waals surface area contributed by atoms with Crippen LogP contribution in [0.15, 0.2) is 30.3 Å². The Labute approximate surface area is 133 Å². The molecule has 0 aromatic heterocycles. The van der Waals surface area contributed by atoms with E-state index in [2.05, 4.69) is 18.6 Å². The van der Waals surface area contributed by atoms with E-state index in [4.69, 9.17) is 5.73 Å². The maximum absolute atomic E-state index is 12.6. The molecule has 4 nitrogen and oxygen atoms in total. The largest absolute Gasteiger partial charge is 0.327 e. The molecule has 0 amide bonds. The van der Waals surface area contributed by atoms with Crippen molar-refractivity contribution in [2.75, 3.05) is 5.75 Å². The number of nitrogens with two attached hydrogens (primary N) is 1. The molecule has 5 heteroatoms. The van der Waals surface area contributed by atoms with Gasteiger partial charge in [-0.15, -0.1) is 0 Å². The summed E-state index contributed by atoms with van der Waals surface area (Å²) in [5.41, 5.74) is 7.06. The minimum absolute atomic E-state index is 0.00505. The summed E-state index contributed by atoms with van der Waals surface area (Å²) >= 11 is 0.